The molecular weight excluding hydrogens is 154 g/mol. The van der Waals surface area contributed by atoms with Gasteiger partial charge in [-0.2, -0.15) is 0 Å². The Morgan fingerprint density at radius 3 is 2.00 bits per heavy atom. The molecule has 0 aromatic heterocycles. The van der Waals surface area contributed by atoms with Crippen molar-refractivity contribution in [3.63, 3.8) is 0 Å². The van der Waals surface area contributed by atoms with E-state index in [0.29, 0.717) is 0 Å². The molecular formula is C6H12ClNO2. The first-order chi connectivity index (χ1) is 4.63. The number of halogens is 1. The second kappa shape index (κ2) is 8.30. The SMILES string of the molecule is CCl.CN(C)C=CC(=O)O. The molecule has 0 rings (SSSR count). The van der Waals surface area contributed by atoms with Gasteiger partial charge in [-0.05, 0) is 0 Å². The van der Waals surface area contributed by atoms with Gasteiger partial charge in [0.25, 0.3) is 0 Å². The van der Waals surface area contributed by atoms with Crippen molar-refractivity contribution >= 4 is 17.6 Å². The van der Waals surface area contributed by atoms with Crippen LogP contribution in [-0.2, 0) is 4.79 Å². The lowest BCUT2D eigenvalue weighted by Crippen LogP contribution is -2.01. The first-order valence-corrected chi connectivity index (χ1v) is 3.34. The third-order valence-corrected chi connectivity index (χ3v) is 0.515. The molecule has 0 aliphatic carbocycles. The summed E-state index contributed by atoms with van der Waals surface area (Å²) in [6.07, 6.45) is 4.03. The zero-order valence-corrected chi connectivity index (χ0v) is 7.09. The maximum Gasteiger partial charge on any atom is 0.329 e. The van der Waals surface area contributed by atoms with Gasteiger partial charge < -0.3 is 10.0 Å². The summed E-state index contributed by atoms with van der Waals surface area (Å²) in [6, 6.07) is 0. The highest BCUT2D eigenvalue weighted by atomic mass is 35.5. The number of carboxylic acid groups (broad SMARTS) is 1. The predicted octanol–water partition coefficient (Wildman–Crippen LogP) is 1.00. The van der Waals surface area contributed by atoms with Crippen LogP contribution in [0.2, 0.25) is 0 Å². The average molecular weight is 166 g/mol. The van der Waals surface area contributed by atoms with E-state index < -0.39 is 5.97 Å². The van der Waals surface area contributed by atoms with E-state index in [2.05, 4.69) is 11.6 Å². The number of hydrogen-bond acceptors (Lipinski definition) is 2. The van der Waals surface area contributed by atoms with E-state index in [1.165, 1.54) is 12.6 Å². The highest BCUT2D eigenvalue weighted by Gasteiger charge is 1.82. The molecule has 0 amide bonds. The van der Waals surface area contributed by atoms with Gasteiger partial charge in [0, 0.05) is 32.8 Å². The highest BCUT2D eigenvalue weighted by Crippen LogP contribution is 1.75. The van der Waals surface area contributed by atoms with Crippen molar-refractivity contribution in [3.05, 3.63) is 12.3 Å². The smallest absolute Gasteiger partial charge is 0.329 e. The largest absolute Gasteiger partial charge is 0.478 e. The van der Waals surface area contributed by atoms with Gasteiger partial charge in [0.15, 0.2) is 0 Å². The van der Waals surface area contributed by atoms with Crippen molar-refractivity contribution in [1.29, 1.82) is 0 Å². The van der Waals surface area contributed by atoms with Gasteiger partial charge in [0.1, 0.15) is 0 Å². The van der Waals surface area contributed by atoms with E-state index in [1.807, 2.05) is 0 Å². The van der Waals surface area contributed by atoms with Crippen LogP contribution in [-0.4, -0.2) is 36.5 Å². The first-order valence-electron chi connectivity index (χ1n) is 2.58. The molecule has 60 valence electrons. The number of nitrogens with zero attached hydrogens (tertiary/aromatic N) is 1. The van der Waals surface area contributed by atoms with Gasteiger partial charge in [0.05, 0.1) is 0 Å². The minimum Gasteiger partial charge on any atom is -0.478 e. The average Bonchev–Trinajstić information content (AvgIpc) is 1.89. The molecule has 0 unspecified atom stereocenters. The number of aliphatic carboxylic acids is 1. The molecule has 0 heterocycles. The fourth-order valence-electron chi connectivity index (χ4n) is 0.213. The summed E-state index contributed by atoms with van der Waals surface area (Å²) in [5.74, 6) is -0.918. The van der Waals surface area contributed by atoms with Gasteiger partial charge in [0.2, 0.25) is 0 Å². The summed E-state index contributed by atoms with van der Waals surface area (Å²) < 4.78 is 0. The third kappa shape index (κ3) is 15.7. The summed E-state index contributed by atoms with van der Waals surface area (Å²) in [6.45, 7) is 0. The Labute approximate surface area is 65.9 Å². The van der Waals surface area contributed by atoms with Gasteiger partial charge in [-0.15, -0.1) is 11.6 Å². The van der Waals surface area contributed by atoms with Crippen molar-refractivity contribution in [1.82, 2.24) is 4.90 Å². The molecule has 0 atom stereocenters. The minimum atomic E-state index is -0.918. The number of carbonyl (C=O) groups is 1. The Balaban J connectivity index is 0. The zero-order chi connectivity index (χ0) is 8.57. The van der Waals surface area contributed by atoms with Gasteiger partial charge >= 0.3 is 5.97 Å². The molecule has 1 N–H and O–H groups in total. The molecule has 3 nitrogen and oxygen atoms in total. The molecule has 0 aliphatic rings. The number of alkyl halides is 1. The normalized spacial score (nSPS) is 8.40. The third-order valence-electron chi connectivity index (χ3n) is 0.515. The molecule has 0 saturated carbocycles. The monoisotopic (exact) mass is 165 g/mol. The highest BCUT2D eigenvalue weighted by molar-refractivity contribution is 6.15. The fraction of sp³-hybridized carbons (Fsp3) is 0.500. The molecule has 0 spiro atoms. The van der Waals surface area contributed by atoms with Crippen molar-refractivity contribution < 1.29 is 9.90 Å². The molecule has 0 radical (unpaired) electrons. The van der Waals surface area contributed by atoms with Crippen LogP contribution < -0.4 is 0 Å². The summed E-state index contributed by atoms with van der Waals surface area (Å²) in [5, 5.41) is 8.05. The van der Waals surface area contributed by atoms with E-state index in [4.69, 9.17) is 5.11 Å². The van der Waals surface area contributed by atoms with Crippen molar-refractivity contribution in [2.24, 2.45) is 0 Å². The summed E-state index contributed by atoms with van der Waals surface area (Å²) in [4.78, 5) is 11.5. The fourth-order valence-corrected chi connectivity index (χ4v) is 0.213. The zero-order valence-electron chi connectivity index (χ0n) is 6.34. The Morgan fingerprint density at radius 1 is 1.50 bits per heavy atom. The lowest BCUT2D eigenvalue weighted by atomic mass is 10.6. The Bertz CT molecular complexity index is 112. The topological polar surface area (TPSA) is 40.5 Å². The number of hydrogen-bond donors (Lipinski definition) is 1. The standard InChI is InChI=1S/C5H9NO2.CH3Cl/c1-6(2)4-3-5(7)8;1-2/h3-4H,1-2H3,(H,7,8);1H3. The maximum atomic E-state index is 9.79. The van der Waals surface area contributed by atoms with Crippen LogP contribution in [0.3, 0.4) is 0 Å². The Hall–Kier alpha value is -0.700. The summed E-state index contributed by atoms with van der Waals surface area (Å²) in [5.41, 5.74) is 0. The van der Waals surface area contributed by atoms with Crippen LogP contribution in [0.1, 0.15) is 0 Å². The van der Waals surface area contributed by atoms with Gasteiger partial charge in [-0.25, -0.2) is 4.79 Å². The van der Waals surface area contributed by atoms with Crippen LogP contribution in [0.25, 0.3) is 0 Å². The lowest BCUT2D eigenvalue weighted by Gasteiger charge is -2.00. The Morgan fingerprint density at radius 2 is 1.90 bits per heavy atom. The van der Waals surface area contributed by atoms with Gasteiger partial charge in [-0.1, -0.05) is 0 Å². The summed E-state index contributed by atoms with van der Waals surface area (Å²) >= 11 is 4.64. The second-order valence-corrected chi connectivity index (χ2v) is 1.62. The van der Waals surface area contributed by atoms with Crippen molar-refractivity contribution in [2.75, 3.05) is 20.5 Å². The quantitative estimate of drug-likeness (QED) is 0.490. The minimum absolute atomic E-state index is 0.918. The van der Waals surface area contributed by atoms with E-state index in [-0.39, 0.29) is 0 Å². The van der Waals surface area contributed by atoms with Gasteiger partial charge in [-0.3, -0.25) is 0 Å². The van der Waals surface area contributed by atoms with Crippen LogP contribution in [0, 0.1) is 0 Å². The molecule has 0 aliphatic heterocycles. The number of rotatable bonds is 2. The molecule has 4 heteroatoms. The van der Waals surface area contributed by atoms with Crippen molar-refractivity contribution in [2.45, 2.75) is 0 Å². The van der Waals surface area contributed by atoms with Crippen LogP contribution in [0.5, 0.6) is 0 Å². The molecule has 10 heavy (non-hydrogen) atoms. The first kappa shape index (κ1) is 12.0. The van der Waals surface area contributed by atoms with Crippen LogP contribution in [0.4, 0.5) is 0 Å². The van der Waals surface area contributed by atoms with Crippen LogP contribution >= 0.6 is 11.6 Å². The second-order valence-electron chi connectivity index (χ2n) is 1.62. The Kier molecular flexibility index (Phi) is 9.98. The van der Waals surface area contributed by atoms with E-state index in [0.717, 1.165) is 6.08 Å². The molecule has 0 saturated heterocycles. The number of carboxylic acids is 1. The maximum absolute atomic E-state index is 9.79. The van der Waals surface area contributed by atoms with E-state index in [1.54, 1.807) is 19.0 Å². The molecule has 0 aromatic rings. The molecule has 0 bridgehead atoms. The molecule has 0 aromatic carbocycles. The van der Waals surface area contributed by atoms with E-state index in [9.17, 15) is 4.79 Å². The molecule has 0 fully saturated rings. The van der Waals surface area contributed by atoms with Crippen LogP contribution in [0.15, 0.2) is 12.3 Å². The lowest BCUT2D eigenvalue weighted by molar-refractivity contribution is -0.131. The van der Waals surface area contributed by atoms with E-state index >= 15 is 0 Å². The van der Waals surface area contributed by atoms with Crippen molar-refractivity contribution in [3.8, 4) is 0 Å². The summed E-state index contributed by atoms with van der Waals surface area (Å²) in [7, 11) is 3.53. The predicted molar refractivity (Wildman–Crippen MR) is 42.2 cm³/mol.